The minimum Gasteiger partial charge on any atom is -0.497 e. The van der Waals surface area contributed by atoms with Crippen LogP contribution in [0.5, 0.6) is 5.75 Å². The number of aromatic nitrogens is 1. The van der Waals surface area contributed by atoms with Crippen molar-refractivity contribution in [2.75, 3.05) is 7.11 Å². The van der Waals surface area contributed by atoms with E-state index in [1.165, 1.54) is 11.1 Å². The lowest BCUT2D eigenvalue weighted by molar-refractivity contribution is 0.413. The molecule has 1 atom stereocenters. The number of hydrogen-bond acceptors (Lipinski definition) is 3. The quantitative estimate of drug-likeness (QED) is 0.891. The molecule has 0 unspecified atom stereocenters. The van der Waals surface area contributed by atoms with Gasteiger partial charge in [0.15, 0.2) is 0 Å². The van der Waals surface area contributed by atoms with Crippen LogP contribution in [0.4, 0.5) is 0 Å². The molecule has 0 aliphatic heterocycles. The Morgan fingerprint density at radius 3 is 2.84 bits per heavy atom. The summed E-state index contributed by atoms with van der Waals surface area (Å²) in [6.45, 7) is 5.00. The summed E-state index contributed by atoms with van der Waals surface area (Å²) < 4.78 is 5.25. The van der Waals surface area contributed by atoms with Crippen LogP contribution in [0.3, 0.4) is 0 Å². The third kappa shape index (κ3) is 3.55. The predicted octanol–water partition coefficient (Wildman–Crippen LogP) is 3.25. The summed E-state index contributed by atoms with van der Waals surface area (Å²) in [6.07, 6.45) is 1.83. The van der Waals surface area contributed by atoms with Crippen LogP contribution in [0.1, 0.15) is 29.8 Å². The van der Waals surface area contributed by atoms with Crippen molar-refractivity contribution >= 4 is 0 Å². The van der Waals surface area contributed by atoms with E-state index in [-0.39, 0.29) is 6.04 Å². The Bertz CT molecular complexity index is 540. The van der Waals surface area contributed by atoms with Gasteiger partial charge < -0.3 is 10.1 Å². The molecule has 0 bridgehead atoms. The van der Waals surface area contributed by atoms with Crippen molar-refractivity contribution in [3.8, 4) is 5.75 Å². The Kier molecular flexibility index (Phi) is 4.53. The molecule has 0 amide bonds. The fourth-order valence-corrected chi connectivity index (χ4v) is 1.98. The number of nitrogens with zero attached hydrogens (tertiary/aromatic N) is 1. The molecule has 0 aliphatic rings. The van der Waals surface area contributed by atoms with E-state index >= 15 is 0 Å². The maximum Gasteiger partial charge on any atom is 0.119 e. The van der Waals surface area contributed by atoms with Crippen molar-refractivity contribution in [3.05, 3.63) is 59.4 Å². The molecule has 100 valence electrons. The van der Waals surface area contributed by atoms with E-state index in [1.54, 1.807) is 7.11 Å². The summed E-state index contributed by atoms with van der Waals surface area (Å²) in [5.74, 6) is 0.889. The van der Waals surface area contributed by atoms with E-state index in [2.05, 4.69) is 42.3 Å². The van der Waals surface area contributed by atoms with E-state index in [9.17, 15) is 0 Å². The highest BCUT2D eigenvalue weighted by Crippen LogP contribution is 2.19. The van der Waals surface area contributed by atoms with Gasteiger partial charge in [-0.3, -0.25) is 4.98 Å². The minimum atomic E-state index is 0.261. The molecular weight excluding hydrogens is 236 g/mol. The Balaban J connectivity index is 2.01. The molecule has 0 saturated heterocycles. The van der Waals surface area contributed by atoms with Crippen LogP contribution in [0.2, 0.25) is 0 Å². The van der Waals surface area contributed by atoms with Gasteiger partial charge in [0, 0.05) is 18.8 Å². The average molecular weight is 256 g/mol. The number of rotatable bonds is 5. The number of nitrogens with one attached hydrogen (secondary N) is 1. The van der Waals surface area contributed by atoms with E-state index in [0.29, 0.717) is 0 Å². The molecule has 1 aromatic carbocycles. The summed E-state index contributed by atoms with van der Waals surface area (Å²) in [6, 6.07) is 12.4. The van der Waals surface area contributed by atoms with Crippen LogP contribution in [0.25, 0.3) is 0 Å². The third-order valence-electron chi connectivity index (χ3n) is 3.29. The second kappa shape index (κ2) is 6.34. The van der Waals surface area contributed by atoms with E-state index in [4.69, 9.17) is 4.74 Å². The number of aryl methyl sites for hydroxylation is 1. The van der Waals surface area contributed by atoms with Gasteiger partial charge in [0.05, 0.1) is 12.8 Å². The lowest BCUT2D eigenvalue weighted by Crippen LogP contribution is -2.19. The van der Waals surface area contributed by atoms with Crippen molar-refractivity contribution in [3.63, 3.8) is 0 Å². The van der Waals surface area contributed by atoms with Crippen LogP contribution < -0.4 is 10.1 Å². The average Bonchev–Trinajstić information content (AvgIpc) is 2.46. The highest BCUT2D eigenvalue weighted by Gasteiger charge is 2.07. The van der Waals surface area contributed by atoms with Gasteiger partial charge in [-0.1, -0.05) is 18.2 Å². The van der Waals surface area contributed by atoms with Gasteiger partial charge in [0.25, 0.3) is 0 Å². The largest absolute Gasteiger partial charge is 0.497 e. The van der Waals surface area contributed by atoms with E-state index in [1.807, 2.05) is 24.4 Å². The highest BCUT2D eigenvalue weighted by molar-refractivity contribution is 5.30. The number of hydrogen-bond donors (Lipinski definition) is 1. The zero-order chi connectivity index (χ0) is 13.7. The van der Waals surface area contributed by atoms with Crippen molar-refractivity contribution in [2.45, 2.75) is 26.4 Å². The molecule has 0 fully saturated rings. The summed E-state index contributed by atoms with van der Waals surface area (Å²) in [7, 11) is 1.69. The zero-order valence-electron chi connectivity index (χ0n) is 11.7. The van der Waals surface area contributed by atoms with Crippen molar-refractivity contribution in [1.82, 2.24) is 10.3 Å². The Morgan fingerprint density at radius 2 is 2.11 bits per heavy atom. The lowest BCUT2D eigenvalue weighted by atomic mass is 10.1. The summed E-state index contributed by atoms with van der Waals surface area (Å²) in [4.78, 5) is 4.39. The molecule has 2 rings (SSSR count). The van der Waals surface area contributed by atoms with Gasteiger partial charge in [-0.05, 0) is 43.2 Å². The van der Waals surface area contributed by atoms with Crippen molar-refractivity contribution in [2.24, 2.45) is 0 Å². The van der Waals surface area contributed by atoms with Gasteiger partial charge in [-0.15, -0.1) is 0 Å². The highest BCUT2D eigenvalue weighted by atomic mass is 16.5. The van der Waals surface area contributed by atoms with Gasteiger partial charge in [-0.25, -0.2) is 0 Å². The second-order valence-corrected chi connectivity index (χ2v) is 4.65. The first-order chi connectivity index (χ1) is 9.20. The molecule has 0 saturated carbocycles. The Hall–Kier alpha value is -1.87. The molecule has 0 radical (unpaired) electrons. The molecule has 0 spiro atoms. The van der Waals surface area contributed by atoms with Crippen molar-refractivity contribution in [1.29, 1.82) is 0 Å². The molecular formula is C16H20N2O. The topological polar surface area (TPSA) is 34.1 Å². The number of methoxy groups -OCH3 is 1. The van der Waals surface area contributed by atoms with Crippen LogP contribution in [0, 0.1) is 6.92 Å². The van der Waals surface area contributed by atoms with E-state index < -0.39 is 0 Å². The molecule has 1 aromatic heterocycles. The fourth-order valence-electron chi connectivity index (χ4n) is 1.98. The summed E-state index contributed by atoms with van der Waals surface area (Å²) >= 11 is 0. The van der Waals surface area contributed by atoms with Gasteiger partial charge >= 0.3 is 0 Å². The standard InChI is InChI=1S/C16H20N2O/c1-12-6-5-9-17-16(12)11-18-13(2)14-7-4-8-15(10-14)19-3/h4-10,13,18H,11H2,1-3H3/t13-/m0/s1. The van der Waals surface area contributed by atoms with Gasteiger partial charge in [-0.2, -0.15) is 0 Å². The minimum absolute atomic E-state index is 0.261. The molecule has 2 aromatic rings. The first kappa shape index (κ1) is 13.6. The number of pyridine rings is 1. The monoisotopic (exact) mass is 256 g/mol. The smallest absolute Gasteiger partial charge is 0.119 e. The first-order valence-corrected chi connectivity index (χ1v) is 6.48. The molecule has 3 heteroatoms. The first-order valence-electron chi connectivity index (χ1n) is 6.48. The molecule has 0 aliphatic carbocycles. The fraction of sp³-hybridized carbons (Fsp3) is 0.312. The van der Waals surface area contributed by atoms with Gasteiger partial charge in [0.2, 0.25) is 0 Å². The molecule has 3 nitrogen and oxygen atoms in total. The molecule has 19 heavy (non-hydrogen) atoms. The summed E-state index contributed by atoms with van der Waals surface area (Å²) in [5.41, 5.74) is 3.53. The van der Waals surface area contributed by atoms with E-state index in [0.717, 1.165) is 18.0 Å². The maximum atomic E-state index is 5.25. The zero-order valence-corrected chi connectivity index (χ0v) is 11.7. The van der Waals surface area contributed by atoms with Crippen LogP contribution in [-0.4, -0.2) is 12.1 Å². The normalized spacial score (nSPS) is 12.2. The maximum absolute atomic E-state index is 5.25. The van der Waals surface area contributed by atoms with Gasteiger partial charge in [0.1, 0.15) is 5.75 Å². The SMILES string of the molecule is COc1cccc([C@H](C)NCc2ncccc2C)c1. The lowest BCUT2D eigenvalue weighted by Gasteiger charge is -2.15. The van der Waals surface area contributed by atoms with Crippen LogP contribution in [-0.2, 0) is 6.54 Å². The van der Waals surface area contributed by atoms with Crippen molar-refractivity contribution < 1.29 is 4.74 Å². The summed E-state index contributed by atoms with van der Waals surface area (Å²) in [5, 5.41) is 3.49. The number of benzene rings is 1. The molecule has 1 N–H and O–H groups in total. The van der Waals surface area contributed by atoms with Crippen LogP contribution >= 0.6 is 0 Å². The number of ether oxygens (including phenoxy) is 1. The Labute approximate surface area is 114 Å². The van der Waals surface area contributed by atoms with Crippen LogP contribution in [0.15, 0.2) is 42.6 Å². The Morgan fingerprint density at radius 1 is 1.26 bits per heavy atom. The molecule has 1 heterocycles. The second-order valence-electron chi connectivity index (χ2n) is 4.65. The third-order valence-corrected chi connectivity index (χ3v) is 3.29. The predicted molar refractivity (Wildman–Crippen MR) is 77.2 cm³/mol.